The molecular formula is C7H11N. The summed E-state index contributed by atoms with van der Waals surface area (Å²) in [5.74, 6) is 0. The molecule has 0 aromatic rings. The zero-order chi connectivity index (χ0) is 5.98. The molecule has 0 atom stereocenters. The lowest BCUT2D eigenvalue weighted by molar-refractivity contribution is 1.08. The maximum Gasteiger partial charge on any atom is 0.0151 e. The van der Waals surface area contributed by atoms with E-state index in [9.17, 15) is 0 Å². The van der Waals surface area contributed by atoms with Crippen molar-refractivity contribution < 1.29 is 0 Å². The summed E-state index contributed by atoms with van der Waals surface area (Å²) in [6.45, 7) is 2.12. The smallest absolute Gasteiger partial charge is 0.0151 e. The second-order valence-electron chi connectivity index (χ2n) is 2.01. The minimum absolute atomic E-state index is 0.961. The molecule has 1 aliphatic carbocycles. The zero-order valence-electron chi connectivity index (χ0n) is 5.15. The molecule has 0 fully saturated rings. The monoisotopic (exact) mass is 109 g/mol. The first-order chi connectivity index (χ1) is 3.84. The van der Waals surface area contributed by atoms with Crippen LogP contribution in [0.25, 0.3) is 0 Å². The fourth-order valence-corrected chi connectivity index (χ4v) is 0.911. The lowest BCUT2D eigenvalue weighted by Crippen LogP contribution is -1.94. The van der Waals surface area contributed by atoms with Crippen molar-refractivity contribution in [1.82, 2.24) is 0 Å². The van der Waals surface area contributed by atoms with Gasteiger partial charge in [0.25, 0.3) is 0 Å². The van der Waals surface area contributed by atoms with Crippen LogP contribution in [0, 0.1) is 0 Å². The summed E-state index contributed by atoms with van der Waals surface area (Å²) in [6.07, 6.45) is 6.25. The molecule has 0 amide bonds. The highest BCUT2D eigenvalue weighted by molar-refractivity contribution is 5.31. The first-order valence-electron chi connectivity index (χ1n) is 2.98. The molecule has 0 unspecified atom stereocenters. The van der Waals surface area contributed by atoms with Gasteiger partial charge in [-0.2, -0.15) is 0 Å². The van der Waals surface area contributed by atoms with Gasteiger partial charge in [0.15, 0.2) is 0 Å². The Kier molecular flexibility index (Phi) is 1.38. The summed E-state index contributed by atoms with van der Waals surface area (Å²) < 4.78 is 0. The molecule has 2 N–H and O–H groups in total. The molecule has 0 bridgehead atoms. The summed E-state index contributed by atoms with van der Waals surface area (Å²) in [4.78, 5) is 0. The Morgan fingerprint density at radius 2 is 2.50 bits per heavy atom. The van der Waals surface area contributed by atoms with Gasteiger partial charge in [-0.3, -0.25) is 0 Å². The van der Waals surface area contributed by atoms with Crippen LogP contribution in [-0.4, -0.2) is 0 Å². The Balaban J connectivity index is 2.70. The van der Waals surface area contributed by atoms with Crippen LogP contribution in [0.3, 0.4) is 0 Å². The average Bonchev–Trinajstić information content (AvgIpc) is 2.14. The topological polar surface area (TPSA) is 26.0 Å². The minimum atomic E-state index is 0.961. The van der Waals surface area contributed by atoms with Crippen LogP contribution in [0.1, 0.15) is 19.8 Å². The number of hydrogen-bond donors (Lipinski definition) is 1. The van der Waals surface area contributed by atoms with Crippen molar-refractivity contribution in [3.05, 3.63) is 23.4 Å². The summed E-state index contributed by atoms with van der Waals surface area (Å²) in [7, 11) is 0. The largest absolute Gasteiger partial charge is 0.402 e. The molecule has 0 aromatic carbocycles. The van der Waals surface area contributed by atoms with Gasteiger partial charge in [-0.25, -0.2) is 0 Å². The molecule has 0 saturated heterocycles. The molecule has 8 heavy (non-hydrogen) atoms. The van der Waals surface area contributed by atoms with Crippen molar-refractivity contribution in [2.24, 2.45) is 5.73 Å². The minimum Gasteiger partial charge on any atom is -0.402 e. The van der Waals surface area contributed by atoms with Crippen molar-refractivity contribution in [2.75, 3.05) is 0 Å². The number of allylic oxidation sites excluding steroid dienone is 3. The van der Waals surface area contributed by atoms with Crippen LogP contribution in [0.15, 0.2) is 23.4 Å². The summed E-state index contributed by atoms with van der Waals surface area (Å²) in [5, 5.41) is 0. The van der Waals surface area contributed by atoms with Crippen LogP contribution in [0.5, 0.6) is 0 Å². The van der Waals surface area contributed by atoms with Gasteiger partial charge in [-0.15, -0.1) is 0 Å². The molecule has 1 nitrogen and oxygen atoms in total. The Hall–Kier alpha value is -0.720. The highest BCUT2D eigenvalue weighted by atomic mass is 14.6. The molecule has 1 aliphatic rings. The maximum atomic E-state index is 5.61. The number of nitrogens with two attached hydrogens (primary N) is 1. The third-order valence-electron chi connectivity index (χ3n) is 1.45. The maximum absolute atomic E-state index is 5.61. The third-order valence-corrected chi connectivity index (χ3v) is 1.45. The predicted molar refractivity (Wildman–Crippen MR) is 35.3 cm³/mol. The van der Waals surface area contributed by atoms with E-state index in [1.54, 1.807) is 0 Å². The van der Waals surface area contributed by atoms with Gasteiger partial charge in [-0.1, -0.05) is 19.1 Å². The summed E-state index contributed by atoms with van der Waals surface area (Å²) in [5.41, 5.74) is 7.97. The SMILES string of the molecule is CCC1=C(N)CC=C1. The van der Waals surface area contributed by atoms with Gasteiger partial charge >= 0.3 is 0 Å². The zero-order valence-corrected chi connectivity index (χ0v) is 5.15. The molecular weight excluding hydrogens is 98.1 g/mol. The quantitative estimate of drug-likeness (QED) is 0.543. The normalized spacial score (nSPS) is 18.1. The van der Waals surface area contributed by atoms with Crippen molar-refractivity contribution in [1.29, 1.82) is 0 Å². The van der Waals surface area contributed by atoms with Crippen molar-refractivity contribution in [3.8, 4) is 0 Å². The Labute approximate surface area is 49.9 Å². The standard InChI is InChI=1S/C7H11N/c1-2-6-4-3-5-7(6)8/h3-4H,2,5,8H2,1H3. The Morgan fingerprint density at radius 1 is 1.75 bits per heavy atom. The van der Waals surface area contributed by atoms with Gasteiger partial charge < -0.3 is 5.73 Å². The molecule has 0 spiro atoms. The van der Waals surface area contributed by atoms with Crippen LogP contribution in [0.2, 0.25) is 0 Å². The van der Waals surface area contributed by atoms with Gasteiger partial charge in [-0.05, 0) is 12.0 Å². The first kappa shape index (κ1) is 5.42. The van der Waals surface area contributed by atoms with E-state index >= 15 is 0 Å². The van der Waals surface area contributed by atoms with Crippen LogP contribution < -0.4 is 5.73 Å². The van der Waals surface area contributed by atoms with E-state index in [4.69, 9.17) is 5.73 Å². The van der Waals surface area contributed by atoms with Crippen molar-refractivity contribution >= 4 is 0 Å². The fourth-order valence-electron chi connectivity index (χ4n) is 0.911. The lowest BCUT2D eigenvalue weighted by atomic mass is 10.2. The second-order valence-corrected chi connectivity index (χ2v) is 2.01. The highest BCUT2D eigenvalue weighted by Crippen LogP contribution is 2.16. The molecule has 0 aromatic heterocycles. The molecule has 44 valence electrons. The highest BCUT2D eigenvalue weighted by Gasteiger charge is 2.00. The van der Waals surface area contributed by atoms with Crippen molar-refractivity contribution in [3.63, 3.8) is 0 Å². The van der Waals surface area contributed by atoms with E-state index in [0.717, 1.165) is 18.5 Å². The molecule has 0 saturated carbocycles. The number of hydrogen-bond acceptors (Lipinski definition) is 1. The average molecular weight is 109 g/mol. The molecule has 1 rings (SSSR count). The van der Waals surface area contributed by atoms with E-state index in [1.165, 1.54) is 5.57 Å². The van der Waals surface area contributed by atoms with Gasteiger partial charge in [0.2, 0.25) is 0 Å². The van der Waals surface area contributed by atoms with E-state index < -0.39 is 0 Å². The van der Waals surface area contributed by atoms with Crippen LogP contribution in [-0.2, 0) is 0 Å². The Morgan fingerprint density at radius 3 is 2.75 bits per heavy atom. The van der Waals surface area contributed by atoms with E-state index in [1.807, 2.05) is 0 Å². The third kappa shape index (κ3) is 0.760. The van der Waals surface area contributed by atoms with Gasteiger partial charge in [0.05, 0.1) is 0 Å². The predicted octanol–water partition coefficient (Wildman–Crippen LogP) is 1.57. The summed E-state index contributed by atoms with van der Waals surface area (Å²) in [6, 6.07) is 0. The van der Waals surface area contributed by atoms with Crippen molar-refractivity contribution in [2.45, 2.75) is 19.8 Å². The van der Waals surface area contributed by atoms with E-state index in [0.29, 0.717) is 0 Å². The summed E-state index contributed by atoms with van der Waals surface area (Å²) >= 11 is 0. The number of rotatable bonds is 1. The lowest BCUT2D eigenvalue weighted by Gasteiger charge is -1.94. The fraction of sp³-hybridized carbons (Fsp3) is 0.429. The molecule has 0 heterocycles. The van der Waals surface area contributed by atoms with Crippen LogP contribution in [0.4, 0.5) is 0 Å². The van der Waals surface area contributed by atoms with Gasteiger partial charge in [0.1, 0.15) is 0 Å². The first-order valence-corrected chi connectivity index (χ1v) is 2.98. The Bertz CT molecular complexity index is 142. The van der Waals surface area contributed by atoms with Gasteiger partial charge in [0, 0.05) is 12.1 Å². The van der Waals surface area contributed by atoms with Crippen LogP contribution >= 0.6 is 0 Å². The molecule has 0 aliphatic heterocycles. The van der Waals surface area contributed by atoms with E-state index in [-0.39, 0.29) is 0 Å². The van der Waals surface area contributed by atoms with E-state index in [2.05, 4.69) is 19.1 Å². The molecule has 1 heteroatoms. The second kappa shape index (κ2) is 2.03. The molecule has 0 radical (unpaired) electrons.